The normalized spacial score (nSPS) is 12.3. The minimum atomic E-state index is -0.526. The van der Waals surface area contributed by atoms with Crippen LogP contribution in [0.2, 0.25) is 0 Å². The van der Waals surface area contributed by atoms with Gasteiger partial charge in [0.25, 0.3) is 11.8 Å². The Labute approximate surface area is 241 Å². The fourth-order valence-electron chi connectivity index (χ4n) is 4.46. The number of halogens is 2. The van der Waals surface area contributed by atoms with Crippen LogP contribution in [0.1, 0.15) is 59.0 Å². The number of carbonyl (C=O) groups excluding carboxylic acids is 2. The Morgan fingerprint density at radius 2 is 1.13 bits per heavy atom. The van der Waals surface area contributed by atoms with Crippen LogP contribution in [0.25, 0.3) is 21.8 Å². The summed E-state index contributed by atoms with van der Waals surface area (Å²) in [5.41, 5.74) is 1.98. The van der Waals surface area contributed by atoms with E-state index in [1.54, 1.807) is 9.13 Å². The van der Waals surface area contributed by atoms with Crippen LogP contribution in [0.4, 0.5) is 11.4 Å². The molecule has 0 radical (unpaired) electrons. The molecule has 2 aromatic carbocycles. The molecule has 0 aliphatic heterocycles. The van der Waals surface area contributed by atoms with Crippen molar-refractivity contribution < 1.29 is 19.8 Å². The topological polar surface area (TPSA) is 134 Å². The van der Waals surface area contributed by atoms with Gasteiger partial charge in [-0.15, -0.1) is 20.5 Å². The van der Waals surface area contributed by atoms with E-state index in [2.05, 4.69) is 52.3 Å². The molecule has 2 N–H and O–H groups in total. The van der Waals surface area contributed by atoms with Crippen LogP contribution in [0.5, 0.6) is 11.8 Å². The number of amides is 2. The zero-order chi connectivity index (χ0) is 28.4. The van der Waals surface area contributed by atoms with E-state index in [1.807, 2.05) is 64.1 Å². The van der Waals surface area contributed by atoms with E-state index in [1.165, 1.54) is 0 Å². The van der Waals surface area contributed by atoms with Gasteiger partial charge in [-0.05, 0) is 70.5 Å². The van der Waals surface area contributed by atoms with E-state index in [4.69, 9.17) is 0 Å². The molecule has 0 saturated heterocycles. The number of nitrogens with zero attached hydrogens (tertiary/aromatic N) is 6. The lowest BCUT2D eigenvalue weighted by Gasteiger charge is -2.10. The molecule has 0 fully saturated rings. The third kappa shape index (κ3) is 5.96. The summed E-state index contributed by atoms with van der Waals surface area (Å²) in [5, 5.41) is 38.4. The number of fused-ring (bicyclic) bond motifs is 2. The van der Waals surface area contributed by atoms with Crippen LogP contribution in [0.15, 0.2) is 65.8 Å². The minimum absolute atomic E-state index is 0.0249. The summed E-state index contributed by atoms with van der Waals surface area (Å²) < 4.78 is 5.06. The molecule has 2 amide bonds. The molecule has 0 spiro atoms. The SMILES string of the molecule is CC(C)n1c(O)c(N=NC(=O)CCCC(=O)N=Nc2c(O)n(C(C)C)c3ccc(Br)cc23)c2cc(Br)ccc21. The Kier molecular flexibility index (Phi) is 8.65. The van der Waals surface area contributed by atoms with Gasteiger partial charge in [0.1, 0.15) is 0 Å². The average molecular weight is 660 g/mol. The van der Waals surface area contributed by atoms with Crippen molar-refractivity contribution in [2.75, 3.05) is 0 Å². The van der Waals surface area contributed by atoms with E-state index in [0.717, 1.165) is 20.0 Å². The van der Waals surface area contributed by atoms with Crippen molar-refractivity contribution in [3.8, 4) is 11.8 Å². The molecule has 39 heavy (non-hydrogen) atoms. The molecule has 0 aliphatic carbocycles. The van der Waals surface area contributed by atoms with Gasteiger partial charge < -0.3 is 19.3 Å². The summed E-state index contributed by atoms with van der Waals surface area (Å²) in [4.78, 5) is 24.7. The highest BCUT2D eigenvalue weighted by atomic mass is 79.9. The van der Waals surface area contributed by atoms with Gasteiger partial charge in [0, 0.05) is 44.6 Å². The van der Waals surface area contributed by atoms with Crippen molar-refractivity contribution >= 4 is 76.9 Å². The van der Waals surface area contributed by atoms with Crippen molar-refractivity contribution in [3.05, 3.63) is 45.3 Å². The number of hydrogen-bond donors (Lipinski definition) is 2. The number of aromatic nitrogens is 2. The van der Waals surface area contributed by atoms with Gasteiger partial charge >= 0.3 is 0 Å². The first kappa shape index (κ1) is 28.6. The number of benzene rings is 2. The summed E-state index contributed by atoms with van der Waals surface area (Å²) in [5.74, 6) is -1.19. The lowest BCUT2D eigenvalue weighted by atomic mass is 10.2. The Morgan fingerprint density at radius 3 is 1.49 bits per heavy atom. The van der Waals surface area contributed by atoms with Gasteiger partial charge in [-0.25, -0.2) is 0 Å². The zero-order valence-electron chi connectivity index (χ0n) is 21.9. The Morgan fingerprint density at radius 1 is 0.744 bits per heavy atom. The monoisotopic (exact) mass is 658 g/mol. The molecule has 12 heteroatoms. The zero-order valence-corrected chi connectivity index (χ0v) is 25.1. The molecule has 0 aliphatic rings. The van der Waals surface area contributed by atoms with Crippen molar-refractivity contribution in [1.82, 2.24) is 9.13 Å². The van der Waals surface area contributed by atoms with Gasteiger partial charge in [0.05, 0.1) is 11.0 Å². The van der Waals surface area contributed by atoms with Crippen LogP contribution in [-0.2, 0) is 9.59 Å². The van der Waals surface area contributed by atoms with Crippen LogP contribution >= 0.6 is 31.9 Å². The quantitative estimate of drug-likeness (QED) is 0.183. The number of aromatic hydroxyl groups is 2. The predicted molar refractivity (Wildman–Crippen MR) is 156 cm³/mol. The third-order valence-electron chi connectivity index (χ3n) is 6.16. The van der Waals surface area contributed by atoms with Gasteiger partial charge in [-0.2, -0.15) is 0 Å². The van der Waals surface area contributed by atoms with E-state index in [-0.39, 0.29) is 54.5 Å². The highest BCUT2D eigenvalue weighted by Crippen LogP contribution is 2.43. The van der Waals surface area contributed by atoms with Gasteiger partial charge in [0.2, 0.25) is 11.8 Å². The lowest BCUT2D eigenvalue weighted by Crippen LogP contribution is -1.99. The standard InChI is InChI=1S/C27H28Br2N6O4/c1-14(2)34-20-10-8-16(28)12-18(20)24(26(34)38)32-30-22(36)6-5-7-23(37)31-33-25-19-13-17(29)9-11-21(19)35(15(3)4)27(25)39/h8-15,38-39H,5-7H2,1-4H3. The Hall–Kier alpha value is -3.38. The number of carbonyl (C=O) groups is 2. The summed E-state index contributed by atoms with van der Waals surface area (Å²) in [6.07, 6.45) is 0.151. The molecule has 204 valence electrons. The first-order chi connectivity index (χ1) is 18.5. The van der Waals surface area contributed by atoms with E-state index in [9.17, 15) is 19.8 Å². The van der Waals surface area contributed by atoms with Crippen molar-refractivity contribution in [2.45, 2.75) is 59.0 Å². The van der Waals surface area contributed by atoms with Crippen LogP contribution < -0.4 is 0 Å². The molecule has 0 saturated carbocycles. The summed E-state index contributed by atoms with van der Waals surface area (Å²) in [7, 11) is 0. The van der Waals surface area contributed by atoms with Gasteiger partial charge in [-0.3, -0.25) is 9.59 Å². The molecule has 0 bridgehead atoms. The molecule has 2 heterocycles. The smallest absolute Gasteiger partial charge is 0.264 e. The van der Waals surface area contributed by atoms with Crippen molar-refractivity contribution in [3.63, 3.8) is 0 Å². The molecular weight excluding hydrogens is 632 g/mol. The molecule has 0 unspecified atom stereocenters. The Balaban J connectivity index is 1.42. The maximum absolute atomic E-state index is 12.4. The largest absolute Gasteiger partial charge is 0.493 e. The van der Waals surface area contributed by atoms with Crippen LogP contribution in [0.3, 0.4) is 0 Å². The molecule has 0 atom stereocenters. The molecular formula is C27H28Br2N6O4. The second-order valence-corrected chi connectivity index (χ2v) is 11.5. The first-order valence-corrected chi connectivity index (χ1v) is 14.0. The molecule has 2 aromatic heterocycles. The van der Waals surface area contributed by atoms with Crippen molar-refractivity contribution in [1.29, 1.82) is 0 Å². The average Bonchev–Trinajstić information content (AvgIpc) is 3.30. The number of hydrogen-bond acceptors (Lipinski definition) is 6. The van der Waals surface area contributed by atoms with E-state index in [0.29, 0.717) is 10.8 Å². The molecule has 4 rings (SSSR count). The van der Waals surface area contributed by atoms with Gasteiger partial charge in [-0.1, -0.05) is 31.9 Å². The lowest BCUT2D eigenvalue weighted by molar-refractivity contribution is -0.119. The fraction of sp³-hybridized carbons (Fsp3) is 0.333. The first-order valence-electron chi connectivity index (χ1n) is 12.4. The maximum atomic E-state index is 12.4. The summed E-state index contributed by atoms with van der Waals surface area (Å²) in [6, 6.07) is 11.0. The second-order valence-electron chi connectivity index (χ2n) is 9.64. The Bertz CT molecular complexity index is 1510. The van der Waals surface area contributed by atoms with E-state index >= 15 is 0 Å². The highest BCUT2D eigenvalue weighted by molar-refractivity contribution is 9.10. The van der Waals surface area contributed by atoms with Crippen LogP contribution in [-0.4, -0.2) is 31.2 Å². The molecule has 10 nitrogen and oxygen atoms in total. The van der Waals surface area contributed by atoms with Gasteiger partial charge in [0.15, 0.2) is 11.4 Å². The fourth-order valence-corrected chi connectivity index (χ4v) is 5.18. The maximum Gasteiger partial charge on any atom is 0.264 e. The number of azo groups is 2. The summed E-state index contributed by atoms with van der Waals surface area (Å²) in [6.45, 7) is 7.74. The van der Waals surface area contributed by atoms with Crippen molar-refractivity contribution in [2.24, 2.45) is 20.5 Å². The predicted octanol–water partition coefficient (Wildman–Crippen LogP) is 8.79. The van der Waals surface area contributed by atoms with Crippen LogP contribution in [0, 0.1) is 0 Å². The highest BCUT2D eigenvalue weighted by Gasteiger charge is 2.20. The summed E-state index contributed by atoms with van der Waals surface area (Å²) >= 11 is 6.85. The number of rotatable bonds is 8. The van der Waals surface area contributed by atoms with E-state index < -0.39 is 11.8 Å². The second kappa shape index (κ2) is 11.8. The third-order valence-corrected chi connectivity index (χ3v) is 7.15. The minimum Gasteiger partial charge on any atom is -0.493 e. The molecule has 4 aromatic rings.